The van der Waals surface area contributed by atoms with Crippen molar-refractivity contribution in [2.24, 2.45) is 5.92 Å². The van der Waals surface area contributed by atoms with E-state index in [9.17, 15) is 0 Å². The largest absolute Gasteiger partial charge is 0.493 e. The average Bonchev–Trinajstić information content (AvgIpc) is 2.85. The number of ether oxygens (including phenoxy) is 3. The molecule has 0 radical (unpaired) electrons. The topological polar surface area (TPSA) is 34.2 Å². The van der Waals surface area contributed by atoms with Gasteiger partial charge in [0, 0.05) is 31.7 Å². The normalized spacial score (nSPS) is 24.7. The zero-order valence-electron chi connectivity index (χ0n) is 19.0. The lowest BCUT2D eigenvalue weighted by Gasteiger charge is -2.52. The van der Waals surface area contributed by atoms with Gasteiger partial charge in [-0.05, 0) is 72.6 Å². The van der Waals surface area contributed by atoms with Gasteiger partial charge in [-0.25, -0.2) is 0 Å². The Morgan fingerprint density at radius 3 is 2.62 bits per heavy atom. The fourth-order valence-corrected chi connectivity index (χ4v) is 6.09. The molecule has 2 fully saturated rings. The number of benzene rings is 2. The van der Waals surface area contributed by atoms with Gasteiger partial charge in [-0.1, -0.05) is 30.3 Å². The molecular formula is C26H32N2O3S. The summed E-state index contributed by atoms with van der Waals surface area (Å²) in [7, 11) is 3.42. The predicted molar refractivity (Wildman–Crippen MR) is 129 cm³/mol. The summed E-state index contributed by atoms with van der Waals surface area (Å²) < 4.78 is 17.3. The molecular weight excluding hydrogens is 420 g/mol. The van der Waals surface area contributed by atoms with Crippen molar-refractivity contribution < 1.29 is 14.2 Å². The third-order valence-electron chi connectivity index (χ3n) is 7.41. The van der Waals surface area contributed by atoms with E-state index in [4.69, 9.17) is 26.4 Å². The lowest BCUT2D eigenvalue weighted by molar-refractivity contribution is 0.00794. The van der Waals surface area contributed by atoms with Gasteiger partial charge in [0.05, 0.1) is 14.2 Å². The molecule has 3 aliphatic heterocycles. The van der Waals surface area contributed by atoms with E-state index in [1.54, 1.807) is 14.2 Å². The first-order valence-corrected chi connectivity index (χ1v) is 12.0. The first-order valence-electron chi connectivity index (χ1n) is 11.6. The summed E-state index contributed by atoms with van der Waals surface area (Å²) in [6.45, 7) is 3.75. The van der Waals surface area contributed by atoms with Crippen LogP contribution < -0.4 is 9.47 Å². The molecule has 5 rings (SSSR count). The Labute approximate surface area is 196 Å². The van der Waals surface area contributed by atoms with Crippen molar-refractivity contribution >= 4 is 17.4 Å². The molecule has 0 N–H and O–H groups in total. The lowest BCUT2D eigenvalue weighted by atomic mass is 9.76. The molecule has 0 spiro atoms. The second-order valence-corrected chi connectivity index (χ2v) is 9.45. The van der Waals surface area contributed by atoms with Crippen molar-refractivity contribution in [1.29, 1.82) is 0 Å². The fourth-order valence-electron chi connectivity index (χ4n) is 5.80. The number of hydrogen-bond acceptors (Lipinski definition) is 5. The van der Waals surface area contributed by atoms with Crippen LogP contribution in [0.4, 0.5) is 0 Å². The Morgan fingerprint density at radius 1 is 1.06 bits per heavy atom. The molecule has 0 bridgehead atoms. The number of nitrogens with zero attached hydrogens (tertiary/aromatic N) is 2. The van der Waals surface area contributed by atoms with Crippen LogP contribution in [-0.2, 0) is 17.8 Å². The second-order valence-electron chi connectivity index (χ2n) is 9.11. The Hall–Kier alpha value is -2.31. The SMILES string of the molecule is COc1cc2c(cc1OC)C1CC3C(CCCN3C(=S)OCc3ccccc3)CN1CC2. The van der Waals surface area contributed by atoms with Crippen LogP contribution >= 0.6 is 12.2 Å². The van der Waals surface area contributed by atoms with Crippen LogP contribution in [0.15, 0.2) is 42.5 Å². The smallest absolute Gasteiger partial charge is 0.259 e. The van der Waals surface area contributed by atoms with E-state index < -0.39 is 0 Å². The molecule has 3 aliphatic rings. The zero-order chi connectivity index (χ0) is 22.1. The van der Waals surface area contributed by atoms with Crippen molar-refractivity contribution in [1.82, 2.24) is 9.80 Å². The van der Waals surface area contributed by atoms with Gasteiger partial charge in [-0.2, -0.15) is 0 Å². The molecule has 3 heterocycles. The van der Waals surface area contributed by atoms with Gasteiger partial charge in [0.2, 0.25) is 0 Å². The highest BCUT2D eigenvalue weighted by atomic mass is 32.1. The number of thiocarbonyl (C=S) groups is 1. The minimum atomic E-state index is 0.386. The van der Waals surface area contributed by atoms with Crippen molar-refractivity contribution in [3.63, 3.8) is 0 Å². The van der Waals surface area contributed by atoms with Crippen LogP contribution in [0.1, 0.15) is 42.0 Å². The zero-order valence-corrected chi connectivity index (χ0v) is 19.8. The fraction of sp³-hybridized carbons (Fsp3) is 0.500. The maximum atomic E-state index is 6.10. The van der Waals surface area contributed by atoms with Gasteiger partial charge >= 0.3 is 0 Å². The second kappa shape index (κ2) is 9.28. The van der Waals surface area contributed by atoms with Crippen molar-refractivity contribution in [3.05, 3.63) is 59.2 Å². The molecule has 32 heavy (non-hydrogen) atoms. The molecule has 6 heteroatoms. The highest BCUT2D eigenvalue weighted by Crippen LogP contribution is 2.45. The standard InChI is InChI=1S/C26H32N2O3S/c1-29-24-13-19-10-12-27-16-20-9-6-11-28(26(32)31-17-18-7-4-3-5-8-18)22(20)15-23(27)21(19)14-25(24)30-2/h3-5,7-8,13-14,20,22-23H,6,9-12,15-17H2,1-2H3. The Morgan fingerprint density at radius 2 is 1.84 bits per heavy atom. The van der Waals surface area contributed by atoms with E-state index in [0.717, 1.165) is 49.5 Å². The van der Waals surface area contributed by atoms with Crippen molar-refractivity contribution in [2.75, 3.05) is 33.9 Å². The highest BCUT2D eigenvalue weighted by molar-refractivity contribution is 7.80. The van der Waals surface area contributed by atoms with E-state index in [1.165, 1.54) is 24.0 Å². The maximum absolute atomic E-state index is 6.10. The summed E-state index contributed by atoms with van der Waals surface area (Å²) in [5, 5.41) is 0.653. The van der Waals surface area contributed by atoms with Crippen LogP contribution in [0.25, 0.3) is 0 Å². The van der Waals surface area contributed by atoms with E-state index in [1.807, 2.05) is 18.2 Å². The summed E-state index contributed by atoms with van der Waals surface area (Å²) in [4.78, 5) is 5.05. The number of rotatable bonds is 4. The summed E-state index contributed by atoms with van der Waals surface area (Å²) >= 11 is 5.79. The van der Waals surface area contributed by atoms with Crippen LogP contribution in [0, 0.1) is 5.92 Å². The van der Waals surface area contributed by atoms with Crippen LogP contribution in [0.5, 0.6) is 11.5 Å². The predicted octanol–water partition coefficient (Wildman–Crippen LogP) is 4.59. The number of piperidine rings is 2. The van der Waals surface area contributed by atoms with E-state index >= 15 is 0 Å². The number of likely N-dealkylation sites (tertiary alicyclic amines) is 1. The Kier molecular flexibility index (Phi) is 6.24. The molecule has 2 aromatic rings. The minimum Gasteiger partial charge on any atom is -0.493 e. The molecule has 170 valence electrons. The summed E-state index contributed by atoms with van der Waals surface area (Å²) in [5.41, 5.74) is 3.92. The number of fused-ring (bicyclic) bond motifs is 4. The van der Waals surface area contributed by atoms with Crippen LogP contribution in [0.3, 0.4) is 0 Å². The monoisotopic (exact) mass is 452 g/mol. The van der Waals surface area contributed by atoms with E-state index in [-0.39, 0.29) is 0 Å². The summed E-state index contributed by atoms with van der Waals surface area (Å²) in [5.74, 6) is 2.28. The van der Waals surface area contributed by atoms with Gasteiger partial charge in [0.1, 0.15) is 6.61 Å². The molecule has 3 atom stereocenters. The summed E-state index contributed by atoms with van der Waals surface area (Å²) in [6.07, 6.45) is 4.58. The number of hydrogen-bond donors (Lipinski definition) is 0. The van der Waals surface area contributed by atoms with Gasteiger partial charge in [0.15, 0.2) is 11.5 Å². The maximum Gasteiger partial charge on any atom is 0.259 e. The summed E-state index contributed by atoms with van der Waals surface area (Å²) in [6, 6.07) is 15.5. The van der Waals surface area contributed by atoms with Gasteiger partial charge in [-0.15, -0.1) is 0 Å². The van der Waals surface area contributed by atoms with Gasteiger partial charge < -0.3 is 19.1 Å². The molecule has 2 saturated heterocycles. The Balaban J connectivity index is 1.35. The Bertz CT molecular complexity index is 967. The quantitative estimate of drug-likeness (QED) is 0.632. The lowest BCUT2D eigenvalue weighted by Crippen LogP contribution is -2.57. The van der Waals surface area contributed by atoms with Gasteiger partial charge in [-0.3, -0.25) is 4.90 Å². The molecule has 0 aromatic heterocycles. The molecule has 5 nitrogen and oxygen atoms in total. The first-order chi connectivity index (χ1) is 15.7. The van der Waals surface area contributed by atoms with E-state index in [0.29, 0.717) is 29.8 Å². The molecule has 0 amide bonds. The molecule has 0 saturated carbocycles. The third kappa shape index (κ3) is 4.06. The van der Waals surface area contributed by atoms with Crippen LogP contribution in [-0.4, -0.2) is 54.9 Å². The van der Waals surface area contributed by atoms with Crippen LogP contribution in [0.2, 0.25) is 0 Å². The third-order valence-corrected chi connectivity index (χ3v) is 7.76. The van der Waals surface area contributed by atoms with Crippen molar-refractivity contribution in [2.45, 2.75) is 44.4 Å². The average molecular weight is 453 g/mol. The minimum absolute atomic E-state index is 0.386. The highest BCUT2D eigenvalue weighted by Gasteiger charge is 2.43. The molecule has 0 aliphatic carbocycles. The molecule has 3 unspecified atom stereocenters. The van der Waals surface area contributed by atoms with E-state index in [2.05, 4.69) is 34.1 Å². The number of methoxy groups -OCH3 is 2. The van der Waals surface area contributed by atoms with Gasteiger partial charge in [0.25, 0.3) is 5.17 Å². The first kappa shape index (κ1) is 21.5. The van der Waals surface area contributed by atoms with Crippen molar-refractivity contribution in [3.8, 4) is 11.5 Å². The molecule has 2 aromatic carbocycles.